The number of sulfone groups is 1. The lowest BCUT2D eigenvalue weighted by atomic mass is 10.1. The van der Waals surface area contributed by atoms with E-state index < -0.39 is 21.5 Å². The van der Waals surface area contributed by atoms with Crippen LogP contribution in [-0.4, -0.2) is 44.9 Å². The summed E-state index contributed by atoms with van der Waals surface area (Å²) in [5.74, 6) is 0.489. The van der Waals surface area contributed by atoms with Gasteiger partial charge in [-0.15, -0.1) is 0 Å². The predicted octanol–water partition coefficient (Wildman–Crippen LogP) is 2.39. The molecule has 122 valence electrons. The van der Waals surface area contributed by atoms with Crippen molar-refractivity contribution in [3.8, 4) is 5.75 Å². The van der Waals surface area contributed by atoms with Crippen molar-refractivity contribution in [1.82, 2.24) is 4.90 Å². The second-order valence-electron chi connectivity index (χ2n) is 6.39. The Balaban J connectivity index is 2.24. The summed E-state index contributed by atoms with van der Waals surface area (Å²) >= 11 is 0. The highest BCUT2D eigenvalue weighted by molar-refractivity contribution is 7.90. The summed E-state index contributed by atoms with van der Waals surface area (Å²) in [6.45, 7) is 5.68. The first-order valence-electron chi connectivity index (χ1n) is 6.91. The Morgan fingerprint density at radius 1 is 1.36 bits per heavy atom. The van der Waals surface area contributed by atoms with E-state index in [1.165, 1.54) is 17.0 Å². The Morgan fingerprint density at radius 3 is 2.55 bits per heavy atom. The van der Waals surface area contributed by atoms with Crippen molar-refractivity contribution in [2.45, 2.75) is 37.3 Å². The van der Waals surface area contributed by atoms with Gasteiger partial charge in [-0.3, -0.25) is 0 Å². The van der Waals surface area contributed by atoms with E-state index in [1.807, 2.05) is 0 Å². The second-order valence-corrected chi connectivity index (χ2v) is 8.41. The first-order chi connectivity index (χ1) is 9.99. The van der Waals surface area contributed by atoms with Gasteiger partial charge >= 0.3 is 6.09 Å². The quantitative estimate of drug-likeness (QED) is 0.834. The lowest BCUT2D eigenvalue weighted by Crippen LogP contribution is -2.37. The van der Waals surface area contributed by atoms with E-state index in [0.29, 0.717) is 5.75 Å². The van der Waals surface area contributed by atoms with Crippen LogP contribution in [0.1, 0.15) is 32.4 Å². The molecular weight excluding hydrogens is 306 g/mol. The van der Waals surface area contributed by atoms with Gasteiger partial charge in [-0.2, -0.15) is 0 Å². The summed E-state index contributed by atoms with van der Waals surface area (Å²) < 4.78 is 34.0. The molecule has 0 bridgehead atoms. The zero-order valence-corrected chi connectivity index (χ0v) is 14.2. The molecular formula is C15H21NO5S. The van der Waals surface area contributed by atoms with Crippen molar-refractivity contribution in [2.24, 2.45) is 0 Å². The van der Waals surface area contributed by atoms with E-state index in [1.54, 1.807) is 33.9 Å². The molecule has 0 saturated heterocycles. The predicted molar refractivity (Wildman–Crippen MR) is 81.8 cm³/mol. The van der Waals surface area contributed by atoms with E-state index in [0.717, 1.165) is 11.8 Å². The Bertz CT molecular complexity index is 690. The number of hydrogen-bond acceptors (Lipinski definition) is 5. The topological polar surface area (TPSA) is 72.9 Å². The Hall–Kier alpha value is -1.76. The van der Waals surface area contributed by atoms with Crippen molar-refractivity contribution in [3.63, 3.8) is 0 Å². The molecule has 0 unspecified atom stereocenters. The molecule has 0 spiro atoms. The van der Waals surface area contributed by atoms with Gasteiger partial charge in [-0.05, 0) is 32.9 Å². The van der Waals surface area contributed by atoms with Crippen molar-refractivity contribution >= 4 is 15.9 Å². The molecule has 0 fully saturated rings. The number of nitrogens with zero attached hydrogens (tertiary/aromatic N) is 1. The monoisotopic (exact) mass is 327 g/mol. The van der Waals surface area contributed by atoms with E-state index in [9.17, 15) is 13.2 Å². The molecule has 2 rings (SSSR count). The Kier molecular flexibility index (Phi) is 4.12. The summed E-state index contributed by atoms with van der Waals surface area (Å²) in [5, 5.41) is 0. The maximum atomic E-state index is 12.1. The van der Waals surface area contributed by atoms with Crippen LogP contribution in [0.25, 0.3) is 0 Å². The standard InChI is InChI=1S/C15H21NO5S/c1-15(2,3)21-14(17)16(4)12-9-20-13-8-10(22(5,18)19)6-7-11(12)13/h6-8,12H,9H2,1-5H3/t12-/m1/s1. The van der Waals surface area contributed by atoms with Crippen molar-refractivity contribution in [3.05, 3.63) is 23.8 Å². The summed E-state index contributed by atoms with van der Waals surface area (Å²) in [4.78, 5) is 13.8. The average molecular weight is 327 g/mol. The van der Waals surface area contributed by atoms with E-state index >= 15 is 0 Å². The first kappa shape index (κ1) is 16.6. The number of likely N-dealkylation sites (N-methyl/N-ethyl adjacent to an activating group) is 1. The highest BCUT2D eigenvalue weighted by atomic mass is 32.2. The molecule has 1 heterocycles. The molecule has 1 aliphatic heterocycles. The number of carbonyl (C=O) groups is 1. The third kappa shape index (κ3) is 3.52. The number of amides is 1. The fourth-order valence-electron chi connectivity index (χ4n) is 2.19. The second kappa shape index (κ2) is 5.46. The van der Waals surface area contributed by atoms with E-state index in [2.05, 4.69) is 0 Å². The summed E-state index contributed by atoms with van der Waals surface area (Å²) in [6, 6.07) is 4.41. The van der Waals surface area contributed by atoms with Crippen molar-refractivity contribution in [2.75, 3.05) is 19.9 Å². The largest absolute Gasteiger partial charge is 0.491 e. The zero-order chi connectivity index (χ0) is 16.7. The van der Waals surface area contributed by atoms with Gasteiger partial charge in [-0.25, -0.2) is 13.2 Å². The van der Waals surface area contributed by atoms with Gasteiger partial charge in [0.25, 0.3) is 0 Å². The van der Waals surface area contributed by atoms with Crippen LogP contribution >= 0.6 is 0 Å². The van der Waals surface area contributed by atoms with Crippen LogP contribution in [0.3, 0.4) is 0 Å². The van der Waals surface area contributed by atoms with Crippen LogP contribution in [0, 0.1) is 0 Å². The highest BCUT2D eigenvalue weighted by Crippen LogP contribution is 2.37. The van der Waals surface area contributed by atoms with Crippen molar-refractivity contribution < 1.29 is 22.7 Å². The molecule has 0 N–H and O–H groups in total. The molecule has 0 aliphatic carbocycles. The van der Waals surface area contributed by atoms with Crippen LogP contribution in [-0.2, 0) is 14.6 Å². The van der Waals surface area contributed by atoms with Crippen LogP contribution in [0.2, 0.25) is 0 Å². The molecule has 1 amide bonds. The average Bonchev–Trinajstić information content (AvgIpc) is 2.77. The number of fused-ring (bicyclic) bond motifs is 1. The molecule has 6 nitrogen and oxygen atoms in total. The van der Waals surface area contributed by atoms with Gasteiger partial charge in [0.15, 0.2) is 9.84 Å². The molecule has 0 radical (unpaired) electrons. The van der Waals surface area contributed by atoms with Gasteiger partial charge < -0.3 is 14.4 Å². The molecule has 0 aromatic heterocycles. The van der Waals surface area contributed by atoms with Gasteiger partial charge in [-0.1, -0.05) is 6.07 Å². The summed E-state index contributed by atoms with van der Waals surface area (Å²) in [6.07, 6.45) is 0.703. The SMILES string of the molecule is CN(C(=O)OC(C)(C)C)[C@@H]1COc2cc(S(C)(=O)=O)ccc21. The Labute approximate surface area is 130 Å². The minimum Gasteiger partial charge on any atom is -0.491 e. The van der Waals surface area contributed by atoms with Crippen LogP contribution < -0.4 is 4.74 Å². The van der Waals surface area contributed by atoms with Gasteiger partial charge in [0, 0.05) is 18.9 Å². The summed E-state index contributed by atoms with van der Waals surface area (Å²) in [5.41, 5.74) is 0.203. The molecule has 0 saturated carbocycles. The lowest BCUT2D eigenvalue weighted by molar-refractivity contribution is 0.0201. The number of hydrogen-bond donors (Lipinski definition) is 0. The molecule has 1 atom stereocenters. The molecule has 7 heteroatoms. The van der Waals surface area contributed by atoms with Gasteiger partial charge in [0.2, 0.25) is 0 Å². The minimum absolute atomic E-state index is 0.201. The molecule has 1 aromatic rings. The first-order valence-corrected chi connectivity index (χ1v) is 8.81. The maximum absolute atomic E-state index is 12.1. The Morgan fingerprint density at radius 2 is 2.00 bits per heavy atom. The van der Waals surface area contributed by atoms with E-state index in [-0.39, 0.29) is 17.5 Å². The molecule has 1 aromatic carbocycles. The third-order valence-electron chi connectivity index (χ3n) is 3.32. The molecule has 22 heavy (non-hydrogen) atoms. The lowest BCUT2D eigenvalue weighted by Gasteiger charge is -2.28. The maximum Gasteiger partial charge on any atom is 0.410 e. The third-order valence-corrected chi connectivity index (χ3v) is 4.43. The van der Waals surface area contributed by atoms with Crippen LogP contribution in [0.5, 0.6) is 5.75 Å². The number of rotatable bonds is 2. The summed E-state index contributed by atoms with van der Waals surface area (Å²) in [7, 11) is -1.65. The highest BCUT2D eigenvalue weighted by Gasteiger charge is 2.33. The number of ether oxygens (including phenoxy) is 2. The van der Waals surface area contributed by atoms with Gasteiger partial charge in [0.05, 0.1) is 10.9 Å². The molecule has 1 aliphatic rings. The smallest absolute Gasteiger partial charge is 0.410 e. The number of carbonyl (C=O) groups excluding carboxylic acids is 1. The van der Waals surface area contributed by atoms with Gasteiger partial charge in [0.1, 0.15) is 18.0 Å². The van der Waals surface area contributed by atoms with E-state index in [4.69, 9.17) is 9.47 Å². The fraction of sp³-hybridized carbons (Fsp3) is 0.533. The van der Waals surface area contributed by atoms with Crippen LogP contribution in [0.4, 0.5) is 4.79 Å². The minimum atomic E-state index is -3.29. The zero-order valence-electron chi connectivity index (χ0n) is 13.4. The normalized spacial score (nSPS) is 17.6. The fourth-order valence-corrected chi connectivity index (χ4v) is 2.82. The number of benzene rings is 1. The van der Waals surface area contributed by atoms with Crippen LogP contribution in [0.15, 0.2) is 23.1 Å². The van der Waals surface area contributed by atoms with Crippen molar-refractivity contribution in [1.29, 1.82) is 0 Å².